The van der Waals surface area contributed by atoms with Gasteiger partial charge in [0.2, 0.25) is 0 Å². The van der Waals surface area contributed by atoms with Gasteiger partial charge < -0.3 is 0 Å². The minimum Gasteiger partial charge on any atom is -0.224 e. The molecule has 0 aliphatic heterocycles. The fourth-order valence-electron chi connectivity index (χ4n) is 4.26. The summed E-state index contributed by atoms with van der Waals surface area (Å²) in [4.78, 5) is 0. The fraction of sp³-hybridized carbons (Fsp3) is 0.778. The number of halogens is 1. The summed E-state index contributed by atoms with van der Waals surface area (Å²) in [5, 5.41) is 0. The van der Waals surface area contributed by atoms with E-state index in [4.69, 9.17) is 11.8 Å². The summed E-state index contributed by atoms with van der Waals surface area (Å²) in [5.74, 6) is 0. The summed E-state index contributed by atoms with van der Waals surface area (Å²) < 4.78 is 0.549. The van der Waals surface area contributed by atoms with Crippen molar-refractivity contribution in [2.75, 3.05) is 14.1 Å². The van der Waals surface area contributed by atoms with Crippen LogP contribution in [0.15, 0.2) is 30.3 Å². The predicted octanol–water partition coefficient (Wildman–Crippen LogP) is 9.09. The molecule has 2 heteroatoms. The van der Waals surface area contributed by atoms with Gasteiger partial charge in [0.05, 0.1) is 14.1 Å². The molecule has 0 amide bonds. The van der Waals surface area contributed by atoms with Crippen LogP contribution in [-0.2, 0) is 6.42 Å². The molecule has 0 saturated heterocycles. The number of hydrogen-bond acceptors (Lipinski definition) is 0. The summed E-state index contributed by atoms with van der Waals surface area (Å²) in [5.41, 5.74) is 1.41. The molecule has 0 bridgehead atoms. The van der Waals surface area contributed by atoms with Gasteiger partial charge in [0.1, 0.15) is 6.04 Å². The summed E-state index contributed by atoms with van der Waals surface area (Å²) in [7, 11) is 4.25. The first-order chi connectivity index (χ1) is 14.0. The third kappa shape index (κ3) is 15.0. The third-order valence-corrected chi connectivity index (χ3v) is 6.60. The van der Waals surface area contributed by atoms with Crippen LogP contribution in [-0.4, -0.2) is 24.1 Å². The van der Waals surface area contributed by atoms with Gasteiger partial charge in [0, 0.05) is 12.8 Å². The Morgan fingerprint density at radius 1 is 0.655 bits per heavy atom. The number of rotatable bonds is 19. The highest BCUT2D eigenvalue weighted by atomic mass is 35.5. The van der Waals surface area contributed by atoms with Gasteiger partial charge in [0.25, 0.3) is 0 Å². The lowest BCUT2D eigenvalue weighted by atomic mass is 9.98. The summed E-state index contributed by atoms with van der Waals surface area (Å²) >= 11 is 6.65. The standard InChI is InChI=1S/C27H49ClN/c1-4-5-6-7-8-9-10-11-12-13-14-15-16-17-21-24-27(29(2,3)28)25-26-22-19-18-20-23-26/h18-20,22-23,27H,4-17,21,24-25H2,1-3H3/q+1. The lowest BCUT2D eigenvalue weighted by Gasteiger charge is -2.29. The van der Waals surface area contributed by atoms with E-state index in [1.807, 2.05) is 0 Å². The Bertz CT molecular complexity index is 465. The topological polar surface area (TPSA) is 0 Å². The molecular weight excluding hydrogens is 374 g/mol. The van der Waals surface area contributed by atoms with Crippen LogP contribution in [0.5, 0.6) is 0 Å². The minimum absolute atomic E-state index is 0.501. The molecule has 0 radical (unpaired) electrons. The Morgan fingerprint density at radius 3 is 1.48 bits per heavy atom. The van der Waals surface area contributed by atoms with E-state index in [1.54, 1.807) is 0 Å². The Hall–Kier alpha value is -0.530. The molecule has 0 aliphatic rings. The number of nitrogens with zero attached hydrogens (tertiary/aromatic N) is 1. The van der Waals surface area contributed by atoms with Gasteiger partial charge in [-0.15, -0.1) is 0 Å². The number of likely N-dealkylation sites (N-methyl/N-ethyl adjacent to an activating group) is 1. The van der Waals surface area contributed by atoms with Gasteiger partial charge in [-0.2, -0.15) is 0 Å². The van der Waals surface area contributed by atoms with E-state index in [-0.39, 0.29) is 0 Å². The average Bonchev–Trinajstić information content (AvgIpc) is 2.70. The minimum atomic E-state index is 0.501. The molecule has 0 saturated carbocycles. The molecule has 1 nitrogen and oxygen atoms in total. The zero-order chi connectivity index (χ0) is 21.2. The SMILES string of the molecule is CCCCCCCCCCCCCCCCCC(Cc1ccccc1)[N+](C)(C)Cl. The highest BCUT2D eigenvalue weighted by Crippen LogP contribution is 2.22. The lowest BCUT2D eigenvalue weighted by Crippen LogP contribution is -2.41. The second-order valence-corrected chi connectivity index (χ2v) is 10.4. The van der Waals surface area contributed by atoms with Crippen LogP contribution in [0.4, 0.5) is 0 Å². The largest absolute Gasteiger partial charge is 0.224 e. The first-order valence-corrected chi connectivity index (χ1v) is 12.9. The van der Waals surface area contributed by atoms with Gasteiger partial charge in [-0.1, -0.05) is 127 Å². The van der Waals surface area contributed by atoms with Crippen molar-refractivity contribution in [3.05, 3.63) is 35.9 Å². The molecule has 0 spiro atoms. The molecule has 0 N–H and O–H groups in total. The molecule has 1 aromatic rings. The van der Waals surface area contributed by atoms with E-state index in [9.17, 15) is 0 Å². The first-order valence-electron chi connectivity index (χ1n) is 12.6. The zero-order valence-electron chi connectivity index (χ0n) is 19.8. The fourth-order valence-corrected chi connectivity index (χ4v) is 4.43. The van der Waals surface area contributed by atoms with Crippen molar-refractivity contribution in [2.24, 2.45) is 0 Å². The van der Waals surface area contributed by atoms with Gasteiger partial charge in [-0.3, -0.25) is 0 Å². The molecule has 0 fully saturated rings. The van der Waals surface area contributed by atoms with E-state index < -0.39 is 0 Å². The Kier molecular flexibility index (Phi) is 15.7. The summed E-state index contributed by atoms with van der Waals surface area (Å²) in [6, 6.07) is 11.3. The normalized spacial score (nSPS) is 13.0. The summed E-state index contributed by atoms with van der Waals surface area (Å²) in [6.45, 7) is 2.29. The molecular formula is C27H49ClN+. The Morgan fingerprint density at radius 2 is 1.07 bits per heavy atom. The van der Waals surface area contributed by atoms with Crippen molar-refractivity contribution < 1.29 is 4.00 Å². The second kappa shape index (κ2) is 17.2. The van der Waals surface area contributed by atoms with Crippen molar-refractivity contribution in [1.82, 2.24) is 0 Å². The molecule has 168 valence electrons. The number of unbranched alkanes of at least 4 members (excludes halogenated alkanes) is 14. The molecule has 0 aromatic heterocycles. The molecule has 1 atom stereocenters. The number of benzene rings is 1. The predicted molar refractivity (Wildman–Crippen MR) is 131 cm³/mol. The van der Waals surface area contributed by atoms with Gasteiger partial charge in [0.15, 0.2) is 11.8 Å². The lowest BCUT2D eigenvalue weighted by molar-refractivity contribution is -0.801. The van der Waals surface area contributed by atoms with Crippen molar-refractivity contribution in [1.29, 1.82) is 0 Å². The van der Waals surface area contributed by atoms with Crippen LogP contribution in [0.25, 0.3) is 0 Å². The molecule has 1 unspecified atom stereocenters. The van der Waals surface area contributed by atoms with E-state index in [1.165, 1.54) is 108 Å². The Labute approximate surface area is 187 Å². The third-order valence-electron chi connectivity index (χ3n) is 6.32. The highest BCUT2D eigenvalue weighted by molar-refractivity contribution is 6.06. The molecule has 0 heterocycles. The second-order valence-electron chi connectivity index (χ2n) is 9.48. The zero-order valence-corrected chi connectivity index (χ0v) is 20.6. The van der Waals surface area contributed by atoms with E-state index >= 15 is 0 Å². The molecule has 1 aromatic carbocycles. The first kappa shape index (κ1) is 26.5. The molecule has 29 heavy (non-hydrogen) atoms. The number of quaternary nitrogens is 1. The van der Waals surface area contributed by atoms with E-state index in [0.717, 1.165) is 6.42 Å². The van der Waals surface area contributed by atoms with Crippen molar-refractivity contribution in [2.45, 2.75) is 122 Å². The van der Waals surface area contributed by atoms with Crippen LogP contribution in [0.2, 0.25) is 0 Å². The van der Waals surface area contributed by atoms with Gasteiger partial charge >= 0.3 is 0 Å². The summed E-state index contributed by atoms with van der Waals surface area (Å²) in [6.07, 6.45) is 23.6. The van der Waals surface area contributed by atoms with Gasteiger partial charge in [-0.05, 0) is 12.0 Å². The van der Waals surface area contributed by atoms with Crippen molar-refractivity contribution in [3.63, 3.8) is 0 Å². The number of hydrogen-bond donors (Lipinski definition) is 0. The maximum absolute atomic E-state index is 6.65. The van der Waals surface area contributed by atoms with Crippen LogP contribution >= 0.6 is 11.8 Å². The quantitative estimate of drug-likeness (QED) is 0.154. The van der Waals surface area contributed by atoms with Crippen LogP contribution in [0.3, 0.4) is 0 Å². The van der Waals surface area contributed by atoms with Crippen LogP contribution in [0, 0.1) is 0 Å². The average molecular weight is 423 g/mol. The van der Waals surface area contributed by atoms with E-state index in [2.05, 4.69) is 51.4 Å². The maximum Gasteiger partial charge on any atom is 0.165 e. The van der Waals surface area contributed by atoms with E-state index in [0.29, 0.717) is 10.0 Å². The van der Waals surface area contributed by atoms with Crippen LogP contribution in [0.1, 0.15) is 115 Å². The van der Waals surface area contributed by atoms with Crippen LogP contribution < -0.4 is 0 Å². The smallest absolute Gasteiger partial charge is 0.165 e. The maximum atomic E-state index is 6.65. The van der Waals surface area contributed by atoms with Crippen molar-refractivity contribution >= 4 is 11.8 Å². The monoisotopic (exact) mass is 422 g/mol. The van der Waals surface area contributed by atoms with Gasteiger partial charge in [-0.25, -0.2) is 4.00 Å². The molecule has 1 rings (SSSR count). The Balaban J connectivity index is 1.97. The molecule has 0 aliphatic carbocycles. The van der Waals surface area contributed by atoms with Crippen molar-refractivity contribution in [3.8, 4) is 0 Å². The highest BCUT2D eigenvalue weighted by Gasteiger charge is 2.26.